The molecule has 1 atom stereocenters. The molecule has 0 saturated carbocycles. The Hall–Kier alpha value is -3.48. The minimum Gasteiger partial charge on any atom is -0.477 e. The fourth-order valence-electron chi connectivity index (χ4n) is 3.64. The summed E-state index contributed by atoms with van der Waals surface area (Å²) in [6.07, 6.45) is 0.603. The van der Waals surface area contributed by atoms with Crippen LogP contribution in [-0.4, -0.2) is 36.3 Å². The number of methoxy groups -OCH3 is 1. The largest absolute Gasteiger partial charge is 0.477 e. The molecule has 0 aliphatic heterocycles. The average Bonchev–Trinajstić information content (AvgIpc) is 2.88. The molecule has 4 rings (SSSR count). The number of halogens is 1. The number of fused-ring (bicyclic) bond motifs is 1. The van der Waals surface area contributed by atoms with Gasteiger partial charge in [-0.15, -0.1) is 0 Å². The third kappa shape index (κ3) is 6.35. The van der Waals surface area contributed by atoms with Crippen LogP contribution in [0.2, 0.25) is 5.02 Å². The van der Waals surface area contributed by atoms with Gasteiger partial charge in [-0.05, 0) is 49.6 Å². The predicted molar refractivity (Wildman–Crippen MR) is 137 cm³/mol. The number of hydrogen-bond acceptors (Lipinski definition) is 6. The summed E-state index contributed by atoms with van der Waals surface area (Å²) in [6, 6.07) is 22.9. The van der Waals surface area contributed by atoms with Crippen LogP contribution >= 0.6 is 11.6 Å². The van der Waals surface area contributed by atoms with Gasteiger partial charge in [0.2, 0.25) is 5.88 Å². The molecule has 4 aromatic rings. The van der Waals surface area contributed by atoms with Crippen molar-refractivity contribution in [3.8, 4) is 17.3 Å². The van der Waals surface area contributed by atoms with E-state index in [1.807, 2.05) is 55.5 Å². The summed E-state index contributed by atoms with van der Waals surface area (Å²) < 4.78 is 16.8. The molecule has 0 N–H and O–H groups in total. The van der Waals surface area contributed by atoms with Crippen LogP contribution in [0, 0.1) is 6.92 Å². The lowest BCUT2D eigenvalue weighted by Gasteiger charge is -2.16. The molecule has 0 fully saturated rings. The van der Waals surface area contributed by atoms with Gasteiger partial charge in [0.05, 0.1) is 24.6 Å². The Labute approximate surface area is 209 Å². The Bertz CT molecular complexity index is 1290. The van der Waals surface area contributed by atoms with Gasteiger partial charge in [0.1, 0.15) is 0 Å². The van der Waals surface area contributed by atoms with Crippen molar-refractivity contribution in [1.82, 2.24) is 9.97 Å². The molecular weight excluding hydrogens is 464 g/mol. The number of ether oxygens (including phenoxy) is 3. The number of carbonyl (C=O) groups is 1. The Morgan fingerprint density at radius 1 is 0.943 bits per heavy atom. The first kappa shape index (κ1) is 24.6. The summed E-state index contributed by atoms with van der Waals surface area (Å²) in [7, 11) is 1.34. The summed E-state index contributed by atoms with van der Waals surface area (Å²) in [6.45, 7) is 2.87. The molecule has 0 aliphatic carbocycles. The van der Waals surface area contributed by atoms with E-state index in [1.165, 1.54) is 12.7 Å². The Kier molecular flexibility index (Phi) is 8.29. The van der Waals surface area contributed by atoms with Crippen LogP contribution in [-0.2, 0) is 14.3 Å². The standard InChI is InChI=1S/C28H27ClN2O4/c1-19-12-14-20(15-13-19)26-30-24-11-4-3-10-23(24)27(31-26)35-17-6-5-16-34-25(28(32)33-2)21-8-7-9-22(29)18-21/h3-4,7-15,18,25H,5-6,16-17H2,1-2H3. The van der Waals surface area contributed by atoms with E-state index in [4.69, 9.17) is 35.8 Å². The van der Waals surface area contributed by atoms with E-state index in [9.17, 15) is 4.79 Å². The van der Waals surface area contributed by atoms with Crippen molar-refractivity contribution < 1.29 is 19.0 Å². The first-order chi connectivity index (χ1) is 17.0. The lowest BCUT2D eigenvalue weighted by atomic mass is 10.1. The van der Waals surface area contributed by atoms with Crippen LogP contribution in [0.25, 0.3) is 22.3 Å². The smallest absolute Gasteiger partial charge is 0.339 e. The van der Waals surface area contributed by atoms with Crippen molar-refractivity contribution in [3.05, 3.63) is 88.9 Å². The Balaban J connectivity index is 1.37. The molecule has 3 aromatic carbocycles. The SMILES string of the molecule is COC(=O)C(OCCCCOc1nc(-c2ccc(C)cc2)nc2ccccc12)c1cccc(Cl)c1. The number of esters is 1. The lowest BCUT2D eigenvalue weighted by Crippen LogP contribution is -2.18. The third-order valence-corrected chi connectivity index (χ3v) is 5.74. The summed E-state index contributed by atoms with van der Waals surface area (Å²) in [5.41, 5.74) is 3.61. The first-order valence-corrected chi connectivity index (χ1v) is 11.8. The van der Waals surface area contributed by atoms with Crippen LogP contribution in [0.5, 0.6) is 5.88 Å². The number of hydrogen-bond donors (Lipinski definition) is 0. The second-order valence-electron chi connectivity index (χ2n) is 8.12. The van der Waals surface area contributed by atoms with Crippen molar-refractivity contribution in [2.45, 2.75) is 25.9 Å². The fraction of sp³-hybridized carbons (Fsp3) is 0.250. The lowest BCUT2D eigenvalue weighted by molar-refractivity contribution is -0.154. The summed E-state index contributed by atoms with van der Waals surface area (Å²) >= 11 is 6.06. The van der Waals surface area contributed by atoms with Crippen molar-refractivity contribution in [2.24, 2.45) is 0 Å². The highest BCUT2D eigenvalue weighted by Crippen LogP contribution is 2.27. The number of para-hydroxylation sites is 1. The van der Waals surface area contributed by atoms with Crippen LogP contribution in [0.1, 0.15) is 30.1 Å². The molecule has 0 aliphatic rings. The molecule has 6 nitrogen and oxygen atoms in total. The maximum atomic E-state index is 12.2. The van der Waals surface area contributed by atoms with Crippen LogP contribution in [0.4, 0.5) is 0 Å². The van der Waals surface area contributed by atoms with Crippen molar-refractivity contribution in [2.75, 3.05) is 20.3 Å². The topological polar surface area (TPSA) is 70.5 Å². The van der Waals surface area contributed by atoms with Gasteiger partial charge in [0.25, 0.3) is 0 Å². The van der Waals surface area contributed by atoms with Crippen LogP contribution in [0.3, 0.4) is 0 Å². The van der Waals surface area contributed by atoms with Gasteiger partial charge in [-0.2, -0.15) is 4.98 Å². The summed E-state index contributed by atoms with van der Waals surface area (Å²) in [4.78, 5) is 21.6. The monoisotopic (exact) mass is 490 g/mol. The summed E-state index contributed by atoms with van der Waals surface area (Å²) in [5.74, 6) is 0.725. The highest BCUT2D eigenvalue weighted by atomic mass is 35.5. The van der Waals surface area contributed by atoms with Gasteiger partial charge >= 0.3 is 5.97 Å². The van der Waals surface area contributed by atoms with Gasteiger partial charge in [0, 0.05) is 17.2 Å². The van der Waals surface area contributed by atoms with E-state index in [0.29, 0.717) is 41.9 Å². The minimum absolute atomic E-state index is 0.370. The molecule has 0 radical (unpaired) electrons. The molecule has 0 bridgehead atoms. The maximum absolute atomic E-state index is 12.2. The molecule has 1 unspecified atom stereocenters. The normalized spacial score (nSPS) is 11.9. The molecule has 35 heavy (non-hydrogen) atoms. The number of rotatable bonds is 10. The Morgan fingerprint density at radius 2 is 1.71 bits per heavy atom. The number of carbonyl (C=O) groups excluding carboxylic acids is 1. The van der Waals surface area contributed by atoms with Crippen molar-refractivity contribution in [1.29, 1.82) is 0 Å². The predicted octanol–water partition coefficient (Wildman–Crippen LogP) is 6.35. The third-order valence-electron chi connectivity index (χ3n) is 5.51. The maximum Gasteiger partial charge on any atom is 0.339 e. The number of unbranched alkanes of at least 4 members (excludes halogenated alkanes) is 1. The van der Waals surface area contributed by atoms with Crippen LogP contribution < -0.4 is 4.74 Å². The quantitative estimate of drug-likeness (QED) is 0.190. The molecule has 0 saturated heterocycles. The van der Waals surface area contributed by atoms with Gasteiger partial charge in [-0.3, -0.25) is 0 Å². The van der Waals surface area contributed by atoms with E-state index in [-0.39, 0.29) is 0 Å². The number of benzene rings is 3. The van der Waals surface area contributed by atoms with E-state index in [2.05, 4.69) is 0 Å². The molecule has 1 heterocycles. The Morgan fingerprint density at radius 3 is 2.49 bits per heavy atom. The zero-order chi connectivity index (χ0) is 24.6. The number of aromatic nitrogens is 2. The second-order valence-corrected chi connectivity index (χ2v) is 8.56. The zero-order valence-corrected chi connectivity index (χ0v) is 20.5. The highest BCUT2D eigenvalue weighted by Gasteiger charge is 2.22. The van der Waals surface area contributed by atoms with E-state index in [0.717, 1.165) is 22.9 Å². The van der Waals surface area contributed by atoms with Crippen LogP contribution in [0.15, 0.2) is 72.8 Å². The number of nitrogens with zero attached hydrogens (tertiary/aromatic N) is 2. The van der Waals surface area contributed by atoms with E-state index in [1.54, 1.807) is 24.3 Å². The fourth-order valence-corrected chi connectivity index (χ4v) is 3.84. The zero-order valence-electron chi connectivity index (χ0n) is 19.7. The molecule has 0 spiro atoms. The van der Waals surface area contributed by atoms with E-state index < -0.39 is 12.1 Å². The average molecular weight is 491 g/mol. The number of aryl methyl sites for hydroxylation is 1. The van der Waals surface area contributed by atoms with Crippen molar-refractivity contribution in [3.63, 3.8) is 0 Å². The molecule has 7 heteroatoms. The first-order valence-electron chi connectivity index (χ1n) is 11.5. The van der Waals surface area contributed by atoms with E-state index >= 15 is 0 Å². The second kappa shape index (κ2) is 11.8. The summed E-state index contributed by atoms with van der Waals surface area (Å²) in [5, 5.41) is 1.40. The van der Waals surface area contributed by atoms with Crippen molar-refractivity contribution >= 4 is 28.5 Å². The molecular formula is C28H27ClN2O4. The highest BCUT2D eigenvalue weighted by molar-refractivity contribution is 6.30. The minimum atomic E-state index is -0.817. The molecule has 0 amide bonds. The molecule has 180 valence electrons. The van der Waals surface area contributed by atoms with Gasteiger partial charge in [-0.25, -0.2) is 9.78 Å². The van der Waals surface area contributed by atoms with Gasteiger partial charge in [0.15, 0.2) is 11.9 Å². The van der Waals surface area contributed by atoms with Gasteiger partial charge < -0.3 is 14.2 Å². The van der Waals surface area contributed by atoms with Gasteiger partial charge in [-0.1, -0.05) is 65.7 Å². The molecule has 1 aromatic heterocycles.